The summed E-state index contributed by atoms with van der Waals surface area (Å²) in [5.74, 6) is 0.449. The molecule has 0 atom stereocenters. The van der Waals surface area contributed by atoms with Gasteiger partial charge in [0.1, 0.15) is 0 Å². The number of anilines is 1. The SMILES string of the molecule is Nc1ccccc1SCc1cc(Cl)ccc1[N+](=O)[O-]. The molecule has 0 aliphatic heterocycles. The second kappa shape index (κ2) is 5.95. The predicted octanol–water partition coefficient (Wildman–Crippen LogP) is 4.12. The van der Waals surface area contributed by atoms with Gasteiger partial charge in [-0.2, -0.15) is 0 Å². The van der Waals surface area contributed by atoms with Crippen LogP contribution in [-0.4, -0.2) is 4.92 Å². The van der Waals surface area contributed by atoms with Gasteiger partial charge < -0.3 is 5.73 Å². The first-order valence-electron chi connectivity index (χ1n) is 5.48. The number of rotatable bonds is 4. The zero-order valence-corrected chi connectivity index (χ0v) is 11.4. The highest BCUT2D eigenvalue weighted by Crippen LogP contribution is 2.32. The zero-order chi connectivity index (χ0) is 13.8. The summed E-state index contributed by atoms with van der Waals surface area (Å²) in [4.78, 5) is 11.4. The molecule has 98 valence electrons. The summed E-state index contributed by atoms with van der Waals surface area (Å²) in [5, 5.41) is 11.4. The first-order valence-corrected chi connectivity index (χ1v) is 6.84. The molecule has 0 amide bonds. The minimum Gasteiger partial charge on any atom is -0.398 e. The number of nitrogens with zero attached hydrogens (tertiary/aromatic N) is 1. The Kier molecular flexibility index (Phi) is 4.29. The highest BCUT2D eigenvalue weighted by molar-refractivity contribution is 7.98. The quantitative estimate of drug-likeness (QED) is 0.398. The molecule has 6 heteroatoms. The lowest BCUT2D eigenvalue weighted by atomic mass is 10.2. The lowest BCUT2D eigenvalue weighted by molar-refractivity contribution is -0.385. The fourth-order valence-electron chi connectivity index (χ4n) is 1.62. The largest absolute Gasteiger partial charge is 0.398 e. The van der Waals surface area contributed by atoms with E-state index < -0.39 is 4.92 Å². The Morgan fingerprint density at radius 1 is 1.26 bits per heavy atom. The highest BCUT2D eigenvalue weighted by Gasteiger charge is 2.14. The van der Waals surface area contributed by atoms with Gasteiger partial charge >= 0.3 is 0 Å². The van der Waals surface area contributed by atoms with Gasteiger partial charge in [-0.3, -0.25) is 10.1 Å². The third kappa shape index (κ3) is 3.39. The second-order valence-corrected chi connectivity index (χ2v) is 5.31. The third-order valence-electron chi connectivity index (χ3n) is 2.54. The van der Waals surface area contributed by atoms with Crippen molar-refractivity contribution in [3.63, 3.8) is 0 Å². The van der Waals surface area contributed by atoms with Crippen molar-refractivity contribution in [2.24, 2.45) is 0 Å². The van der Waals surface area contributed by atoms with E-state index in [9.17, 15) is 10.1 Å². The summed E-state index contributed by atoms with van der Waals surface area (Å²) in [7, 11) is 0. The highest BCUT2D eigenvalue weighted by atomic mass is 35.5. The molecule has 2 rings (SSSR count). The molecule has 0 saturated heterocycles. The fraction of sp³-hybridized carbons (Fsp3) is 0.0769. The van der Waals surface area contributed by atoms with Crippen LogP contribution in [0.25, 0.3) is 0 Å². The first kappa shape index (κ1) is 13.7. The summed E-state index contributed by atoms with van der Waals surface area (Å²) in [6.45, 7) is 0. The van der Waals surface area contributed by atoms with E-state index in [1.165, 1.54) is 23.9 Å². The van der Waals surface area contributed by atoms with Crippen molar-refractivity contribution in [3.05, 3.63) is 63.2 Å². The molecule has 4 nitrogen and oxygen atoms in total. The third-order valence-corrected chi connectivity index (χ3v) is 3.91. The van der Waals surface area contributed by atoms with Crippen LogP contribution in [0.1, 0.15) is 5.56 Å². The second-order valence-electron chi connectivity index (χ2n) is 3.86. The minimum absolute atomic E-state index is 0.0754. The molecule has 0 aromatic heterocycles. The Morgan fingerprint density at radius 2 is 2.00 bits per heavy atom. The molecule has 19 heavy (non-hydrogen) atoms. The molecule has 2 N–H and O–H groups in total. The standard InChI is InChI=1S/C13H11ClN2O2S/c14-10-5-6-12(16(17)18)9(7-10)8-19-13-4-2-1-3-11(13)15/h1-7H,8,15H2. The fourth-order valence-corrected chi connectivity index (χ4v) is 2.76. The van der Waals surface area contributed by atoms with Gasteiger partial charge in [-0.15, -0.1) is 11.8 Å². The van der Waals surface area contributed by atoms with Gasteiger partial charge in [-0.1, -0.05) is 23.7 Å². The molecule has 0 unspecified atom stereocenters. The number of hydrogen-bond acceptors (Lipinski definition) is 4. The van der Waals surface area contributed by atoms with Crippen molar-refractivity contribution in [2.45, 2.75) is 10.6 Å². The van der Waals surface area contributed by atoms with Gasteiger partial charge in [0.15, 0.2) is 0 Å². The predicted molar refractivity (Wildman–Crippen MR) is 78.5 cm³/mol. The smallest absolute Gasteiger partial charge is 0.273 e. The van der Waals surface area contributed by atoms with E-state index in [2.05, 4.69) is 0 Å². The van der Waals surface area contributed by atoms with Crippen molar-refractivity contribution >= 4 is 34.7 Å². The van der Waals surface area contributed by atoms with Crippen LogP contribution < -0.4 is 5.73 Å². The van der Waals surface area contributed by atoms with Crippen molar-refractivity contribution in [1.82, 2.24) is 0 Å². The van der Waals surface area contributed by atoms with Crippen LogP contribution in [0.4, 0.5) is 11.4 Å². The normalized spacial score (nSPS) is 10.4. The molecule has 2 aromatic carbocycles. The Labute approximate surface area is 119 Å². The Morgan fingerprint density at radius 3 is 2.68 bits per heavy atom. The number of nitrogens with two attached hydrogens (primary N) is 1. The summed E-state index contributed by atoms with van der Waals surface area (Å²) < 4.78 is 0. The summed E-state index contributed by atoms with van der Waals surface area (Å²) in [6, 6.07) is 12.0. The van der Waals surface area contributed by atoms with Gasteiger partial charge in [0.2, 0.25) is 0 Å². The number of halogens is 1. The number of thioether (sulfide) groups is 1. The Balaban J connectivity index is 2.22. The number of nitro benzene ring substituents is 1. The van der Waals surface area contributed by atoms with E-state index in [-0.39, 0.29) is 5.69 Å². The van der Waals surface area contributed by atoms with E-state index >= 15 is 0 Å². The van der Waals surface area contributed by atoms with E-state index in [1.807, 2.05) is 18.2 Å². The summed E-state index contributed by atoms with van der Waals surface area (Å²) in [5.41, 5.74) is 7.16. The molecular formula is C13H11ClN2O2S. The maximum absolute atomic E-state index is 10.9. The topological polar surface area (TPSA) is 69.2 Å². The number of nitrogen functional groups attached to an aromatic ring is 1. The van der Waals surface area contributed by atoms with Gasteiger partial charge in [-0.25, -0.2) is 0 Å². The number of benzene rings is 2. The Bertz CT molecular complexity index is 619. The monoisotopic (exact) mass is 294 g/mol. The van der Waals surface area contributed by atoms with Crippen LogP contribution in [0.2, 0.25) is 5.02 Å². The van der Waals surface area contributed by atoms with Crippen LogP contribution in [0.5, 0.6) is 0 Å². The van der Waals surface area contributed by atoms with Crippen LogP contribution in [0.3, 0.4) is 0 Å². The number of nitro groups is 1. The van der Waals surface area contributed by atoms with E-state index in [1.54, 1.807) is 12.1 Å². The average molecular weight is 295 g/mol. The van der Waals surface area contributed by atoms with Crippen LogP contribution in [-0.2, 0) is 5.75 Å². The summed E-state index contributed by atoms with van der Waals surface area (Å²) >= 11 is 7.33. The van der Waals surface area contributed by atoms with Crippen LogP contribution in [0, 0.1) is 10.1 Å². The zero-order valence-electron chi connectivity index (χ0n) is 9.88. The van der Waals surface area contributed by atoms with Gasteiger partial charge in [0, 0.05) is 33.0 Å². The Hall–Kier alpha value is -1.72. The van der Waals surface area contributed by atoms with Crippen molar-refractivity contribution < 1.29 is 4.92 Å². The lowest BCUT2D eigenvalue weighted by Gasteiger charge is -2.06. The van der Waals surface area contributed by atoms with E-state index in [0.717, 1.165) is 4.90 Å². The molecule has 0 spiro atoms. The maximum Gasteiger partial charge on any atom is 0.273 e. The van der Waals surface area contributed by atoms with Gasteiger partial charge in [-0.05, 0) is 24.3 Å². The molecule has 0 fully saturated rings. The number of hydrogen-bond donors (Lipinski definition) is 1. The molecule has 0 heterocycles. The van der Waals surface area contributed by atoms with Gasteiger partial charge in [0.25, 0.3) is 5.69 Å². The molecule has 0 saturated carbocycles. The van der Waals surface area contributed by atoms with Crippen LogP contribution in [0.15, 0.2) is 47.4 Å². The van der Waals surface area contributed by atoms with Gasteiger partial charge in [0.05, 0.1) is 4.92 Å². The van der Waals surface area contributed by atoms with E-state index in [0.29, 0.717) is 22.0 Å². The molecule has 2 aromatic rings. The molecule has 0 aliphatic carbocycles. The van der Waals surface area contributed by atoms with E-state index in [4.69, 9.17) is 17.3 Å². The molecule has 0 bridgehead atoms. The first-order chi connectivity index (χ1) is 9.08. The minimum atomic E-state index is -0.402. The lowest BCUT2D eigenvalue weighted by Crippen LogP contribution is -1.94. The van der Waals surface area contributed by atoms with Crippen LogP contribution >= 0.6 is 23.4 Å². The maximum atomic E-state index is 10.9. The van der Waals surface area contributed by atoms with Crippen molar-refractivity contribution in [2.75, 3.05) is 5.73 Å². The average Bonchev–Trinajstić information content (AvgIpc) is 2.37. The molecular weight excluding hydrogens is 284 g/mol. The van der Waals surface area contributed by atoms with Crippen molar-refractivity contribution in [1.29, 1.82) is 0 Å². The number of para-hydroxylation sites is 1. The summed E-state index contributed by atoms with van der Waals surface area (Å²) in [6.07, 6.45) is 0. The van der Waals surface area contributed by atoms with Crippen molar-refractivity contribution in [3.8, 4) is 0 Å². The molecule has 0 aliphatic rings. The molecule has 0 radical (unpaired) electrons.